The van der Waals surface area contributed by atoms with E-state index in [1.54, 1.807) is 0 Å². The number of furan rings is 1. The summed E-state index contributed by atoms with van der Waals surface area (Å²) in [7, 11) is 0. The van der Waals surface area contributed by atoms with Gasteiger partial charge < -0.3 is 24.3 Å². The average Bonchev–Trinajstić information content (AvgIpc) is 3.43. The van der Waals surface area contributed by atoms with E-state index in [1.165, 1.54) is 40.1 Å². The van der Waals surface area contributed by atoms with Crippen molar-refractivity contribution in [1.82, 2.24) is 9.80 Å². The fraction of sp³-hybridized carbons (Fsp3) is 0.241. The zero-order valence-electron chi connectivity index (χ0n) is 22.9. The number of nitrogens with zero attached hydrogens (tertiary/aromatic N) is 3. The minimum Gasteiger partial charge on any atom is -0.484 e. The lowest BCUT2D eigenvalue weighted by Gasteiger charge is -2.34. The highest BCUT2D eigenvalue weighted by Crippen LogP contribution is 2.38. The van der Waals surface area contributed by atoms with Crippen LogP contribution in [0.1, 0.15) is 21.7 Å². The molecule has 0 radical (unpaired) electrons. The molecule has 0 atom stereocenters. The molecule has 0 aliphatic carbocycles. The zero-order valence-corrected chi connectivity index (χ0v) is 22.9. The van der Waals surface area contributed by atoms with Gasteiger partial charge in [0.1, 0.15) is 16.9 Å². The van der Waals surface area contributed by atoms with Gasteiger partial charge in [-0.25, -0.2) is 0 Å². The second-order valence-electron chi connectivity index (χ2n) is 9.96. The summed E-state index contributed by atoms with van der Waals surface area (Å²) in [6, 6.07) is 12.7. The lowest BCUT2D eigenvalue weighted by atomic mass is 10.1. The number of halogens is 6. The van der Waals surface area contributed by atoms with Gasteiger partial charge in [0.2, 0.25) is 0 Å². The minimum absolute atomic E-state index is 0.0229. The molecule has 45 heavy (non-hydrogen) atoms. The van der Waals surface area contributed by atoms with Gasteiger partial charge >= 0.3 is 12.4 Å². The molecular formula is C29H22F6N4O6. The van der Waals surface area contributed by atoms with Crippen LogP contribution < -0.4 is 10.1 Å². The number of fused-ring (bicyclic) bond motifs is 1. The van der Waals surface area contributed by atoms with Gasteiger partial charge in [-0.1, -0.05) is 0 Å². The number of anilines is 2. The summed E-state index contributed by atoms with van der Waals surface area (Å²) >= 11 is 0. The average molecular weight is 637 g/mol. The number of alkyl halides is 6. The molecular weight excluding hydrogens is 614 g/mol. The van der Waals surface area contributed by atoms with Crippen molar-refractivity contribution in [1.29, 1.82) is 0 Å². The molecule has 0 spiro atoms. The van der Waals surface area contributed by atoms with Crippen molar-refractivity contribution >= 4 is 39.8 Å². The summed E-state index contributed by atoms with van der Waals surface area (Å²) < 4.78 is 89.7. The Morgan fingerprint density at radius 1 is 0.844 bits per heavy atom. The SMILES string of the molecule is O=C(COc1ccc(Nc2ccc([N+](=O)[O-])c(C(F)(F)F)c2)cc1)N1CCN(C(=O)c2cc3cc(C(F)(F)F)ccc3o2)CC1. The van der Waals surface area contributed by atoms with Crippen molar-refractivity contribution in [3.05, 3.63) is 93.7 Å². The third-order valence-electron chi connectivity index (χ3n) is 6.98. The predicted molar refractivity (Wildman–Crippen MR) is 147 cm³/mol. The van der Waals surface area contributed by atoms with Gasteiger partial charge in [0.25, 0.3) is 17.5 Å². The third kappa shape index (κ3) is 7.11. The van der Waals surface area contributed by atoms with Crippen LogP contribution in [0, 0.1) is 10.1 Å². The number of benzene rings is 3. The monoisotopic (exact) mass is 636 g/mol. The van der Waals surface area contributed by atoms with E-state index in [-0.39, 0.29) is 61.1 Å². The summed E-state index contributed by atoms with van der Waals surface area (Å²) in [5, 5.41) is 13.8. The number of rotatable bonds is 7. The predicted octanol–water partition coefficient (Wildman–Crippen LogP) is 6.49. The summed E-state index contributed by atoms with van der Waals surface area (Å²) in [6.45, 7) is 0.362. The Balaban J connectivity index is 1.12. The van der Waals surface area contributed by atoms with Crippen molar-refractivity contribution in [2.75, 3.05) is 38.1 Å². The Hall–Kier alpha value is -5.28. The molecule has 0 bridgehead atoms. The molecule has 236 valence electrons. The van der Waals surface area contributed by atoms with Crippen molar-refractivity contribution in [2.24, 2.45) is 0 Å². The fourth-order valence-electron chi connectivity index (χ4n) is 4.68. The molecule has 1 aliphatic rings. The zero-order chi connectivity index (χ0) is 32.5. The molecule has 2 heterocycles. The van der Waals surface area contributed by atoms with Crippen LogP contribution in [0.2, 0.25) is 0 Å². The van der Waals surface area contributed by atoms with Crippen LogP contribution in [0.3, 0.4) is 0 Å². The summed E-state index contributed by atoms with van der Waals surface area (Å²) in [5.74, 6) is -0.695. The lowest BCUT2D eigenvalue weighted by Crippen LogP contribution is -2.51. The Morgan fingerprint density at radius 2 is 1.49 bits per heavy atom. The molecule has 5 rings (SSSR count). The maximum Gasteiger partial charge on any atom is 0.423 e. The number of nitro benzene ring substituents is 1. The number of hydrogen-bond donors (Lipinski definition) is 1. The first-order chi connectivity index (χ1) is 21.2. The molecule has 0 unspecified atom stereocenters. The molecule has 2 amide bonds. The van der Waals surface area contributed by atoms with Crippen molar-refractivity contribution in [3.63, 3.8) is 0 Å². The molecule has 1 fully saturated rings. The van der Waals surface area contributed by atoms with Gasteiger partial charge in [-0.3, -0.25) is 19.7 Å². The fourth-order valence-corrected chi connectivity index (χ4v) is 4.68. The largest absolute Gasteiger partial charge is 0.484 e. The third-order valence-corrected chi connectivity index (χ3v) is 6.98. The van der Waals surface area contributed by atoms with Crippen LogP contribution in [0.15, 0.2) is 71.1 Å². The molecule has 1 N–H and O–H groups in total. The number of amides is 2. The van der Waals surface area contributed by atoms with Gasteiger partial charge in [0, 0.05) is 49.0 Å². The summed E-state index contributed by atoms with van der Waals surface area (Å²) in [6.07, 6.45) is -9.46. The summed E-state index contributed by atoms with van der Waals surface area (Å²) in [5.41, 5.74) is -2.83. The number of nitrogens with one attached hydrogen (secondary N) is 1. The van der Waals surface area contributed by atoms with Gasteiger partial charge in [-0.05, 0) is 60.7 Å². The Morgan fingerprint density at radius 3 is 2.11 bits per heavy atom. The van der Waals surface area contributed by atoms with Crippen LogP contribution >= 0.6 is 0 Å². The van der Waals surface area contributed by atoms with Crippen LogP contribution in [0.5, 0.6) is 5.75 Å². The molecule has 1 saturated heterocycles. The van der Waals surface area contributed by atoms with Crippen LogP contribution in [-0.4, -0.2) is 59.3 Å². The highest BCUT2D eigenvalue weighted by molar-refractivity contribution is 5.96. The second-order valence-corrected chi connectivity index (χ2v) is 9.96. The number of carbonyl (C=O) groups is 2. The molecule has 0 saturated carbocycles. The van der Waals surface area contributed by atoms with E-state index < -0.39 is 40.0 Å². The van der Waals surface area contributed by atoms with E-state index in [0.717, 1.165) is 30.3 Å². The topological polar surface area (TPSA) is 118 Å². The first kappa shape index (κ1) is 31.2. The van der Waals surface area contributed by atoms with Crippen LogP contribution in [-0.2, 0) is 17.1 Å². The van der Waals surface area contributed by atoms with Crippen LogP contribution in [0.25, 0.3) is 11.0 Å². The van der Waals surface area contributed by atoms with Gasteiger partial charge in [0.05, 0.1) is 10.5 Å². The van der Waals surface area contributed by atoms with E-state index in [1.807, 2.05) is 0 Å². The van der Waals surface area contributed by atoms with E-state index in [9.17, 15) is 46.0 Å². The number of piperazine rings is 1. The quantitative estimate of drug-likeness (QED) is 0.140. The van der Waals surface area contributed by atoms with Gasteiger partial charge in [0.15, 0.2) is 12.4 Å². The number of hydrogen-bond acceptors (Lipinski definition) is 7. The maximum atomic E-state index is 13.2. The normalized spacial score (nSPS) is 14.0. The Labute approximate surface area is 249 Å². The minimum atomic E-state index is -4.92. The second kappa shape index (κ2) is 12.0. The standard InChI is InChI=1S/C29H22F6N4O6/c30-28(31,32)18-1-8-24-17(13-18)14-25(45-24)27(41)38-11-9-37(10-12-38)26(40)16-44-21-5-2-19(3-6-21)36-20-4-7-23(39(42)43)22(15-20)29(33,34)35/h1-8,13-15,36H,9-12,16H2. The van der Waals surface area contributed by atoms with Crippen LogP contribution in [0.4, 0.5) is 43.4 Å². The smallest absolute Gasteiger partial charge is 0.423 e. The molecule has 1 aromatic heterocycles. The van der Waals surface area contributed by atoms with Crippen molar-refractivity contribution < 1.29 is 50.0 Å². The van der Waals surface area contributed by atoms with Crippen molar-refractivity contribution in [3.8, 4) is 5.75 Å². The number of nitro groups is 1. The van der Waals surface area contributed by atoms with E-state index in [0.29, 0.717) is 17.5 Å². The van der Waals surface area contributed by atoms with Gasteiger partial charge in [-0.2, -0.15) is 26.3 Å². The molecule has 1 aliphatic heterocycles. The molecule has 3 aromatic carbocycles. The Kier molecular flexibility index (Phi) is 8.32. The van der Waals surface area contributed by atoms with E-state index >= 15 is 0 Å². The first-order valence-corrected chi connectivity index (χ1v) is 13.2. The van der Waals surface area contributed by atoms with E-state index in [2.05, 4.69) is 5.32 Å². The Bertz CT molecular complexity index is 1740. The van der Waals surface area contributed by atoms with Gasteiger partial charge in [-0.15, -0.1) is 0 Å². The number of carbonyl (C=O) groups excluding carboxylic acids is 2. The molecule has 10 nitrogen and oxygen atoms in total. The first-order valence-electron chi connectivity index (χ1n) is 13.2. The van der Waals surface area contributed by atoms with E-state index in [4.69, 9.17) is 9.15 Å². The van der Waals surface area contributed by atoms with Crippen molar-refractivity contribution in [2.45, 2.75) is 12.4 Å². The molecule has 16 heteroatoms. The highest BCUT2D eigenvalue weighted by Gasteiger charge is 2.38. The highest BCUT2D eigenvalue weighted by atomic mass is 19.4. The molecule has 4 aromatic rings. The maximum absolute atomic E-state index is 13.2. The number of ether oxygens (including phenoxy) is 1. The summed E-state index contributed by atoms with van der Waals surface area (Å²) in [4.78, 5) is 38.3. The lowest BCUT2D eigenvalue weighted by molar-refractivity contribution is -0.388.